The second-order valence-electron chi connectivity index (χ2n) is 9.98. The molecule has 1 fully saturated rings. The average Bonchev–Trinajstić information content (AvgIpc) is 2.80. The minimum Gasteiger partial charge on any atom is -0.478 e. The fraction of sp³-hybridized carbons (Fsp3) is 0.517. The molecule has 1 N–H and O–H groups in total. The molecule has 1 aliphatic heterocycles. The third-order valence-corrected chi connectivity index (χ3v) is 6.09. The highest BCUT2D eigenvalue weighted by Gasteiger charge is 2.32. The molecular formula is C29H41NO4. The number of hydrogen-bond donors (Lipinski definition) is 1. The molecule has 0 aliphatic carbocycles. The first-order valence-corrected chi connectivity index (χ1v) is 12.4. The van der Waals surface area contributed by atoms with E-state index in [1.54, 1.807) is 12.1 Å². The predicted molar refractivity (Wildman–Crippen MR) is 137 cm³/mol. The fourth-order valence-electron chi connectivity index (χ4n) is 4.61. The zero-order valence-corrected chi connectivity index (χ0v) is 21.6. The minimum absolute atomic E-state index is 0.148. The lowest BCUT2D eigenvalue weighted by Gasteiger charge is -2.38. The molecule has 2 aromatic carbocycles. The molecule has 0 amide bonds. The highest BCUT2D eigenvalue weighted by Crippen LogP contribution is 2.34. The van der Waals surface area contributed by atoms with E-state index < -0.39 is 11.6 Å². The van der Waals surface area contributed by atoms with Gasteiger partial charge in [-0.3, -0.25) is 4.79 Å². The van der Waals surface area contributed by atoms with Crippen molar-refractivity contribution in [2.45, 2.75) is 65.9 Å². The van der Waals surface area contributed by atoms with Gasteiger partial charge in [-0.15, -0.1) is 0 Å². The average molecular weight is 468 g/mol. The molecule has 3 rings (SSSR count). The van der Waals surface area contributed by atoms with Crippen LogP contribution in [0.1, 0.15) is 75.4 Å². The summed E-state index contributed by atoms with van der Waals surface area (Å²) in [4.78, 5) is 26.7. The van der Waals surface area contributed by atoms with Crippen LogP contribution in [0.4, 0.5) is 0 Å². The van der Waals surface area contributed by atoms with Crippen molar-refractivity contribution >= 4 is 11.9 Å². The molecule has 1 aliphatic rings. The van der Waals surface area contributed by atoms with Crippen LogP contribution in [-0.2, 0) is 16.0 Å². The van der Waals surface area contributed by atoms with E-state index in [9.17, 15) is 14.7 Å². The van der Waals surface area contributed by atoms with Gasteiger partial charge in [-0.1, -0.05) is 63.2 Å². The third kappa shape index (κ3) is 8.28. The lowest BCUT2D eigenvalue weighted by atomic mass is 9.80. The molecule has 3 unspecified atom stereocenters. The van der Waals surface area contributed by atoms with E-state index in [0.29, 0.717) is 30.4 Å². The first-order valence-electron chi connectivity index (χ1n) is 12.4. The van der Waals surface area contributed by atoms with E-state index in [-0.39, 0.29) is 11.9 Å². The Morgan fingerprint density at radius 1 is 1.09 bits per heavy atom. The number of nitrogens with zero attached hydrogens (tertiary/aromatic N) is 1. The summed E-state index contributed by atoms with van der Waals surface area (Å²) in [5.74, 6) is -0.581. The molecule has 1 heterocycles. The van der Waals surface area contributed by atoms with Crippen LogP contribution in [0.25, 0.3) is 0 Å². The Labute approximate surface area is 205 Å². The number of aromatic carboxylic acids is 1. The molecular weight excluding hydrogens is 426 g/mol. The lowest BCUT2D eigenvalue weighted by Crippen LogP contribution is -2.44. The zero-order chi connectivity index (χ0) is 25.3. The van der Waals surface area contributed by atoms with Gasteiger partial charge in [0.15, 0.2) is 0 Å². The topological polar surface area (TPSA) is 66.8 Å². The summed E-state index contributed by atoms with van der Waals surface area (Å²) in [6.45, 7) is 14.3. The molecule has 0 saturated carbocycles. The number of ether oxygens (including phenoxy) is 1. The van der Waals surface area contributed by atoms with Crippen molar-refractivity contribution in [1.29, 1.82) is 0 Å². The number of carbonyl (C=O) groups excluding carboxylic acids is 1. The quantitative estimate of drug-likeness (QED) is 0.503. The smallest absolute Gasteiger partial charge is 0.335 e. The maximum absolute atomic E-state index is 13.0. The van der Waals surface area contributed by atoms with Crippen LogP contribution in [0.2, 0.25) is 0 Å². The maximum Gasteiger partial charge on any atom is 0.335 e. The first kappa shape index (κ1) is 27.6. The Kier molecular flexibility index (Phi) is 10.3. The number of piperidine rings is 1. The van der Waals surface area contributed by atoms with Crippen LogP contribution >= 0.6 is 0 Å². The van der Waals surface area contributed by atoms with Gasteiger partial charge >= 0.3 is 11.9 Å². The number of carboxylic acid groups (broad SMARTS) is 1. The van der Waals surface area contributed by atoms with Gasteiger partial charge in [-0.2, -0.15) is 0 Å². The van der Waals surface area contributed by atoms with Gasteiger partial charge in [0, 0.05) is 13.1 Å². The van der Waals surface area contributed by atoms with Crippen LogP contribution in [0.3, 0.4) is 0 Å². The highest BCUT2D eigenvalue weighted by molar-refractivity contribution is 5.87. The van der Waals surface area contributed by atoms with E-state index >= 15 is 0 Å². The van der Waals surface area contributed by atoms with E-state index in [1.807, 2.05) is 65.0 Å². The molecule has 5 nitrogen and oxygen atoms in total. The minimum atomic E-state index is -0.891. The fourth-order valence-corrected chi connectivity index (χ4v) is 4.61. The van der Waals surface area contributed by atoms with Crippen molar-refractivity contribution in [3.05, 3.63) is 71.3 Å². The molecule has 5 heteroatoms. The normalized spacial score (nSPS) is 19.5. The van der Waals surface area contributed by atoms with Gasteiger partial charge in [0.2, 0.25) is 0 Å². The molecule has 0 radical (unpaired) electrons. The molecule has 34 heavy (non-hydrogen) atoms. The van der Waals surface area contributed by atoms with Crippen LogP contribution in [0.5, 0.6) is 0 Å². The van der Waals surface area contributed by atoms with Crippen LogP contribution in [-0.4, -0.2) is 47.2 Å². The molecule has 3 atom stereocenters. The highest BCUT2D eigenvalue weighted by atomic mass is 16.6. The summed E-state index contributed by atoms with van der Waals surface area (Å²) in [6.07, 6.45) is 1.60. The largest absolute Gasteiger partial charge is 0.478 e. The maximum atomic E-state index is 13.0. The number of rotatable bonds is 7. The van der Waals surface area contributed by atoms with Crippen molar-refractivity contribution in [1.82, 2.24) is 4.90 Å². The van der Waals surface area contributed by atoms with E-state index in [1.165, 1.54) is 0 Å². The number of carbonyl (C=O) groups is 2. The number of benzene rings is 2. The lowest BCUT2D eigenvalue weighted by molar-refractivity contribution is -0.160. The molecule has 1 saturated heterocycles. The number of hydrogen-bond acceptors (Lipinski definition) is 4. The van der Waals surface area contributed by atoms with Crippen molar-refractivity contribution < 1.29 is 19.4 Å². The summed E-state index contributed by atoms with van der Waals surface area (Å²) in [5.41, 5.74) is 2.05. The summed E-state index contributed by atoms with van der Waals surface area (Å²) in [7, 11) is 0. The van der Waals surface area contributed by atoms with Crippen molar-refractivity contribution in [2.75, 3.05) is 19.6 Å². The summed E-state index contributed by atoms with van der Waals surface area (Å²) in [6, 6.07) is 17.4. The second kappa shape index (κ2) is 12.7. The van der Waals surface area contributed by atoms with Crippen molar-refractivity contribution in [3.8, 4) is 0 Å². The standard InChI is InChI=1S/C27H35NO4.C2H6/c1-19-17-28(14-13-24(19)21-11-8-12-22(16-21)25(29)30)18-23(26(31)32-27(2,3)4)15-20-9-6-5-7-10-20;1-2/h5-12,16,19,23-24H,13-15,17-18H2,1-4H3,(H,29,30);1-2H3. The monoisotopic (exact) mass is 467 g/mol. The van der Waals surface area contributed by atoms with Gasteiger partial charge in [-0.05, 0) is 75.3 Å². The molecule has 2 aromatic rings. The molecule has 0 spiro atoms. The van der Waals surface area contributed by atoms with Crippen molar-refractivity contribution in [3.63, 3.8) is 0 Å². The number of esters is 1. The Hall–Kier alpha value is -2.66. The van der Waals surface area contributed by atoms with Crippen LogP contribution in [0, 0.1) is 11.8 Å². The summed E-state index contributed by atoms with van der Waals surface area (Å²) in [5, 5.41) is 9.32. The molecule has 0 aromatic heterocycles. The van der Waals surface area contributed by atoms with E-state index in [2.05, 4.69) is 24.0 Å². The van der Waals surface area contributed by atoms with Gasteiger partial charge in [0.25, 0.3) is 0 Å². The first-order chi connectivity index (χ1) is 16.1. The number of carboxylic acids is 1. The Morgan fingerprint density at radius 3 is 2.35 bits per heavy atom. The number of likely N-dealkylation sites (tertiary alicyclic amines) is 1. The Morgan fingerprint density at radius 2 is 1.76 bits per heavy atom. The second-order valence-corrected chi connectivity index (χ2v) is 9.98. The molecule has 0 bridgehead atoms. The SMILES string of the molecule is CC.CC1CN(CC(Cc2ccccc2)C(=O)OC(C)(C)C)CCC1c1cccc(C(=O)O)c1. The van der Waals surface area contributed by atoms with Crippen LogP contribution in [0.15, 0.2) is 54.6 Å². The third-order valence-electron chi connectivity index (χ3n) is 6.09. The zero-order valence-electron chi connectivity index (χ0n) is 21.6. The Bertz CT molecular complexity index is 919. The van der Waals surface area contributed by atoms with Gasteiger partial charge in [-0.25, -0.2) is 4.79 Å². The van der Waals surface area contributed by atoms with E-state index in [0.717, 1.165) is 30.6 Å². The van der Waals surface area contributed by atoms with Gasteiger partial charge in [0.1, 0.15) is 5.60 Å². The van der Waals surface area contributed by atoms with E-state index in [4.69, 9.17) is 4.74 Å². The van der Waals surface area contributed by atoms with Crippen molar-refractivity contribution in [2.24, 2.45) is 11.8 Å². The van der Waals surface area contributed by atoms with Gasteiger partial charge in [0.05, 0.1) is 11.5 Å². The summed E-state index contributed by atoms with van der Waals surface area (Å²) < 4.78 is 5.75. The van der Waals surface area contributed by atoms with Crippen LogP contribution < -0.4 is 0 Å². The predicted octanol–water partition coefficient (Wildman–Crippen LogP) is 6.04. The Balaban J connectivity index is 0.00000199. The summed E-state index contributed by atoms with van der Waals surface area (Å²) >= 11 is 0. The molecule has 186 valence electrons. The van der Waals surface area contributed by atoms with Gasteiger partial charge < -0.3 is 14.7 Å².